The van der Waals surface area contributed by atoms with E-state index < -0.39 is 0 Å². The van der Waals surface area contributed by atoms with Crippen LogP contribution in [0.2, 0.25) is 0 Å². The smallest absolute Gasteiger partial charge is 0.434 e. The van der Waals surface area contributed by atoms with Gasteiger partial charge < -0.3 is 14.0 Å². The molecule has 10 rings (SSSR count). The molecule has 3 heterocycles. The molecular weight excluding hydrogens is 561 g/mol. The van der Waals surface area contributed by atoms with Crippen LogP contribution in [0.1, 0.15) is 0 Å². The van der Waals surface area contributed by atoms with Gasteiger partial charge in [0, 0.05) is 32.9 Å². The largest absolute Gasteiger partial charge is 0.551 e. The van der Waals surface area contributed by atoms with Crippen molar-refractivity contribution in [3.05, 3.63) is 158 Å². The molecule has 0 spiro atoms. The zero-order valence-corrected chi connectivity index (χ0v) is 24.9. The van der Waals surface area contributed by atoms with Crippen LogP contribution in [0.4, 0.5) is 0 Å². The van der Waals surface area contributed by atoms with E-state index in [1.165, 1.54) is 21.8 Å². The Morgan fingerprint density at radius 1 is 0.435 bits per heavy atom. The number of fused-ring (bicyclic) bond motifs is 7. The number of aromatic nitrogens is 1. The maximum absolute atomic E-state index is 6.80. The second kappa shape index (κ2) is 9.75. The number of hydrogen-bond acceptors (Lipinski definition) is 2. The molecule has 0 unspecified atom stereocenters. The predicted octanol–water partition coefficient (Wildman–Crippen LogP) is 9.39. The van der Waals surface area contributed by atoms with Crippen molar-refractivity contribution >= 4 is 39.6 Å². The molecule has 2 aliphatic rings. The number of rotatable bonds is 3. The Morgan fingerprint density at radius 2 is 1.11 bits per heavy atom. The molecule has 0 saturated heterocycles. The second-order valence-corrected chi connectivity index (χ2v) is 12.1. The highest BCUT2D eigenvalue weighted by molar-refractivity contribution is 6.84. The van der Waals surface area contributed by atoms with E-state index in [-0.39, 0.29) is 6.92 Å². The van der Waals surface area contributed by atoms with Crippen molar-refractivity contribution in [1.29, 1.82) is 0 Å². The van der Waals surface area contributed by atoms with Crippen molar-refractivity contribution in [2.75, 3.05) is 0 Å². The molecule has 1 aromatic heterocycles. The van der Waals surface area contributed by atoms with E-state index in [2.05, 4.69) is 156 Å². The van der Waals surface area contributed by atoms with E-state index >= 15 is 0 Å². The minimum absolute atomic E-state index is 0.244. The molecule has 7 aromatic carbocycles. The number of ether oxygens (including phenoxy) is 1. The fraction of sp³-hybridized carbons (Fsp3) is 0. The summed E-state index contributed by atoms with van der Waals surface area (Å²) < 4.78 is 15.9. The fourth-order valence-electron chi connectivity index (χ4n) is 7.36. The molecule has 214 valence electrons. The van der Waals surface area contributed by atoms with Crippen LogP contribution in [0.3, 0.4) is 0 Å². The summed E-state index contributed by atoms with van der Waals surface area (Å²) in [5.41, 5.74) is 12.4. The van der Waals surface area contributed by atoms with E-state index in [1.807, 2.05) is 6.07 Å². The lowest BCUT2D eigenvalue weighted by Crippen LogP contribution is -2.53. The van der Waals surface area contributed by atoms with Gasteiger partial charge in [0.1, 0.15) is 17.2 Å². The predicted molar refractivity (Wildman–Crippen MR) is 189 cm³/mol. The Labute approximate surface area is 267 Å². The van der Waals surface area contributed by atoms with Gasteiger partial charge >= 0.3 is 6.92 Å². The van der Waals surface area contributed by atoms with Crippen molar-refractivity contribution in [3.63, 3.8) is 0 Å². The molecule has 8 aromatic rings. The summed E-state index contributed by atoms with van der Waals surface area (Å²) in [7, 11) is 0. The van der Waals surface area contributed by atoms with Gasteiger partial charge in [-0.2, -0.15) is 0 Å². The van der Waals surface area contributed by atoms with Gasteiger partial charge in [-0.3, -0.25) is 0 Å². The molecule has 0 amide bonds. The second-order valence-electron chi connectivity index (χ2n) is 12.1. The maximum atomic E-state index is 6.80. The highest BCUT2D eigenvalue weighted by Crippen LogP contribution is 2.42. The van der Waals surface area contributed by atoms with E-state index in [4.69, 9.17) is 9.39 Å². The van der Waals surface area contributed by atoms with Gasteiger partial charge in [-0.05, 0) is 76.3 Å². The van der Waals surface area contributed by atoms with Crippen LogP contribution in [0.15, 0.2) is 158 Å². The Balaban J connectivity index is 1.11. The molecule has 0 saturated carbocycles. The van der Waals surface area contributed by atoms with Gasteiger partial charge in [-0.1, -0.05) is 109 Å². The topological polar surface area (TPSA) is 23.4 Å². The zero-order valence-electron chi connectivity index (χ0n) is 24.9. The van der Waals surface area contributed by atoms with Gasteiger partial charge in [-0.15, -0.1) is 0 Å². The van der Waals surface area contributed by atoms with Crippen molar-refractivity contribution in [3.8, 4) is 56.3 Å². The van der Waals surface area contributed by atoms with Crippen molar-refractivity contribution < 1.29 is 9.39 Å². The van der Waals surface area contributed by atoms with Gasteiger partial charge in [-0.25, -0.2) is 0 Å². The minimum Gasteiger partial charge on any atom is -0.551 e. The molecule has 4 heteroatoms. The van der Waals surface area contributed by atoms with Crippen LogP contribution in [-0.4, -0.2) is 11.5 Å². The van der Waals surface area contributed by atoms with Crippen LogP contribution in [0.5, 0.6) is 17.2 Å². The molecular formula is C42H26BNO2. The van der Waals surface area contributed by atoms with Crippen LogP contribution in [0, 0.1) is 0 Å². The Bertz CT molecular complexity index is 2440. The summed E-state index contributed by atoms with van der Waals surface area (Å²) in [5.74, 6) is 2.57. The lowest BCUT2D eigenvalue weighted by atomic mass is 9.50. The number of hydrogen-bond donors (Lipinski definition) is 0. The Morgan fingerprint density at radius 3 is 1.93 bits per heavy atom. The van der Waals surface area contributed by atoms with Crippen LogP contribution >= 0.6 is 0 Å². The monoisotopic (exact) mass is 587 g/mol. The molecule has 0 radical (unpaired) electrons. The van der Waals surface area contributed by atoms with E-state index in [0.717, 1.165) is 67.2 Å². The van der Waals surface area contributed by atoms with Crippen molar-refractivity contribution in [2.24, 2.45) is 0 Å². The summed E-state index contributed by atoms with van der Waals surface area (Å²) in [6.07, 6.45) is 0. The maximum Gasteiger partial charge on any atom is 0.434 e. The van der Waals surface area contributed by atoms with Gasteiger partial charge in [0.25, 0.3) is 0 Å². The molecule has 0 fully saturated rings. The van der Waals surface area contributed by atoms with Gasteiger partial charge in [0.2, 0.25) is 0 Å². The first-order valence-corrected chi connectivity index (χ1v) is 15.7. The first-order chi connectivity index (χ1) is 22.8. The summed E-state index contributed by atoms with van der Waals surface area (Å²) >= 11 is 0. The normalized spacial score (nSPS) is 12.7. The van der Waals surface area contributed by atoms with E-state index in [9.17, 15) is 0 Å². The van der Waals surface area contributed by atoms with Gasteiger partial charge in [0.05, 0.1) is 11.0 Å². The number of nitrogens with zero attached hydrogens (tertiary/aromatic N) is 1. The highest BCUT2D eigenvalue weighted by atomic mass is 16.5. The van der Waals surface area contributed by atoms with Gasteiger partial charge in [0.15, 0.2) is 0 Å². The lowest BCUT2D eigenvalue weighted by Gasteiger charge is -2.33. The third-order valence-corrected chi connectivity index (χ3v) is 9.47. The first-order valence-electron chi connectivity index (χ1n) is 15.7. The van der Waals surface area contributed by atoms with Crippen LogP contribution in [-0.2, 0) is 0 Å². The zero-order chi connectivity index (χ0) is 30.2. The third-order valence-electron chi connectivity index (χ3n) is 9.47. The molecule has 0 bridgehead atoms. The highest BCUT2D eigenvalue weighted by Gasteiger charge is 2.41. The minimum atomic E-state index is -0.244. The van der Waals surface area contributed by atoms with Crippen molar-refractivity contribution in [2.45, 2.75) is 0 Å². The average Bonchev–Trinajstić information content (AvgIpc) is 3.46. The quantitative estimate of drug-likeness (QED) is 0.192. The first kappa shape index (κ1) is 25.3. The summed E-state index contributed by atoms with van der Waals surface area (Å²) in [5, 5.41) is 2.51. The van der Waals surface area contributed by atoms with Crippen LogP contribution in [0.25, 0.3) is 60.9 Å². The Hall–Kier alpha value is -6.00. The molecule has 0 atom stereocenters. The molecule has 3 nitrogen and oxygen atoms in total. The number of para-hydroxylation sites is 3. The molecule has 46 heavy (non-hydrogen) atoms. The summed E-state index contributed by atoms with van der Waals surface area (Å²) in [4.78, 5) is 0. The Kier molecular flexibility index (Phi) is 5.37. The average molecular weight is 587 g/mol. The van der Waals surface area contributed by atoms with Crippen LogP contribution < -0.4 is 20.3 Å². The summed E-state index contributed by atoms with van der Waals surface area (Å²) in [6.45, 7) is -0.244. The fourth-order valence-corrected chi connectivity index (χ4v) is 7.36. The number of benzene rings is 7. The summed E-state index contributed by atoms with van der Waals surface area (Å²) in [6, 6.07) is 55.8. The third kappa shape index (κ3) is 3.74. The molecule has 0 aliphatic carbocycles. The molecule has 2 aliphatic heterocycles. The molecule has 0 N–H and O–H groups in total. The van der Waals surface area contributed by atoms with E-state index in [0.29, 0.717) is 0 Å². The van der Waals surface area contributed by atoms with E-state index in [1.54, 1.807) is 0 Å². The lowest BCUT2D eigenvalue weighted by molar-refractivity contribution is 0.480. The standard InChI is InChI=1S/C42H26BNO2/c1-2-11-27(12-3-1)30-24-35-34-17-6-9-20-39(34)46-43-36-22-21-29(25-40(36)45-41(26-30)42(35)43)28-13-10-14-31(23-28)44-37-18-7-4-15-32(37)33-16-5-8-19-38(33)44/h1-26H. The van der Waals surface area contributed by atoms with Crippen molar-refractivity contribution in [1.82, 2.24) is 4.57 Å². The SMILES string of the molecule is c1ccc(-c2cc3c4c(c2)-c2ccccc2OB4c2ccc(-c4cccc(-n5c6ccccc6c6ccccc65)c4)cc2O3)cc1.